The Morgan fingerprint density at radius 2 is 2.36 bits per heavy atom. The zero-order valence-electron chi connectivity index (χ0n) is 8.91. The number of rotatable bonds is 7. The molecule has 1 unspecified atom stereocenters. The Bertz CT molecular complexity index is 196. The van der Waals surface area contributed by atoms with E-state index in [2.05, 4.69) is 10.8 Å². The SMILES string of the molecule is C#CCN(CC(N)COC)CC1CC1. The molecule has 0 bridgehead atoms. The number of terminal acetylenes is 1. The average Bonchev–Trinajstić information content (AvgIpc) is 2.89. The van der Waals surface area contributed by atoms with Gasteiger partial charge in [0.05, 0.1) is 13.2 Å². The monoisotopic (exact) mass is 196 g/mol. The van der Waals surface area contributed by atoms with Gasteiger partial charge in [0.1, 0.15) is 0 Å². The molecule has 1 atom stereocenters. The fraction of sp³-hybridized carbons (Fsp3) is 0.818. The average molecular weight is 196 g/mol. The van der Waals surface area contributed by atoms with Crippen molar-refractivity contribution in [1.82, 2.24) is 4.90 Å². The first-order chi connectivity index (χ1) is 6.76. The summed E-state index contributed by atoms with van der Waals surface area (Å²) in [5, 5.41) is 0. The predicted octanol–water partition coefficient (Wildman–Crippen LogP) is 0.305. The van der Waals surface area contributed by atoms with Crippen LogP contribution in [0.3, 0.4) is 0 Å². The number of nitrogens with two attached hydrogens (primary N) is 1. The molecule has 0 aliphatic heterocycles. The van der Waals surface area contributed by atoms with Crippen LogP contribution in [0.4, 0.5) is 0 Å². The Morgan fingerprint density at radius 3 is 2.86 bits per heavy atom. The molecule has 1 rings (SSSR count). The molecule has 1 saturated carbocycles. The fourth-order valence-corrected chi connectivity index (χ4v) is 1.60. The van der Waals surface area contributed by atoms with Gasteiger partial charge in [0, 0.05) is 26.2 Å². The maximum absolute atomic E-state index is 5.88. The molecular formula is C11H20N2O. The van der Waals surface area contributed by atoms with E-state index >= 15 is 0 Å². The van der Waals surface area contributed by atoms with Crippen LogP contribution in [-0.2, 0) is 4.74 Å². The van der Waals surface area contributed by atoms with E-state index in [1.165, 1.54) is 12.8 Å². The quantitative estimate of drug-likeness (QED) is 0.595. The molecule has 0 aromatic rings. The van der Waals surface area contributed by atoms with Crippen molar-refractivity contribution in [1.29, 1.82) is 0 Å². The number of ether oxygens (including phenoxy) is 1. The second kappa shape index (κ2) is 6.02. The summed E-state index contributed by atoms with van der Waals surface area (Å²) in [5.74, 6) is 3.54. The summed E-state index contributed by atoms with van der Waals surface area (Å²) in [5.41, 5.74) is 5.88. The van der Waals surface area contributed by atoms with Crippen LogP contribution >= 0.6 is 0 Å². The fourth-order valence-electron chi connectivity index (χ4n) is 1.60. The standard InChI is InChI=1S/C11H20N2O/c1-3-6-13(7-10-4-5-10)8-11(12)9-14-2/h1,10-11H,4-9,12H2,2H3. The van der Waals surface area contributed by atoms with E-state index in [9.17, 15) is 0 Å². The van der Waals surface area contributed by atoms with E-state index < -0.39 is 0 Å². The van der Waals surface area contributed by atoms with E-state index in [0.717, 1.165) is 19.0 Å². The Kier molecular flexibility index (Phi) is 4.95. The van der Waals surface area contributed by atoms with Gasteiger partial charge >= 0.3 is 0 Å². The van der Waals surface area contributed by atoms with Crippen molar-refractivity contribution < 1.29 is 4.74 Å². The van der Waals surface area contributed by atoms with Gasteiger partial charge in [-0.05, 0) is 18.8 Å². The van der Waals surface area contributed by atoms with Crippen molar-refractivity contribution in [3.05, 3.63) is 0 Å². The minimum Gasteiger partial charge on any atom is -0.383 e. The second-order valence-corrected chi connectivity index (χ2v) is 4.06. The van der Waals surface area contributed by atoms with Crippen LogP contribution in [0.5, 0.6) is 0 Å². The molecular weight excluding hydrogens is 176 g/mol. The third-order valence-electron chi connectivity index (χ3n) is 2.40. The first-order valence-corrected chi connectivity index (χ1v) is 5.16. The largest absolute Gasteiger partial charge is 0.383 e. The maximum atomic E-state index is 5.88. The van der Waals surface area contributed by atoms with Gasteiger partial charge in [0.2, 0.25) is 0 Å². The molecule has 0 aromatic heterocycles. The Labute approximate surface area is 86.6 Å². The molecule has 0 radical (unpaired) electrons. The van der Waals surface area contributed by atoms with E-state index in [1.807, 2.05) is 0 Å². The van der Waals surface area contributed by atoms with Crippen LogP contribution in [0.25, 0.3) is 0 Å². The number of nitrogens with zero attached hydrogens (tertiary/aromatic N) is 1. The summed E-state index contributed by atoms with van der Waals surface area (Å²) in [6.45, 7) is 3.25. The smallest absolute Gasteiger partial charge is 0.0626 e. The third kappa shape index (κ3) is 4.61. The molecule has 2 N–H and O–H groups in total. The van der Waals surface area contributed by atoms with Gasteiger partial charge in [-0.25, -0.2) is 0 Å². The van der Waals surface area contributed by atoms with Crippen molar-refractivity contribution in [3.63, 3.8) is 0 Å². The lowest BCUT2D eigenvalue weighted by molar-refractivity contribution is 0.156. The van der Waals surface area contributed by atoms with E-state index in [0.29, 0.717) is 13.2 Å². The molecule has 14 heavy (non-hydrogen) atoms. The lowest BCUT2D eigenvalue weighted by Gasteiger charge is -2.23. The van der Waals surface area contributed by atoms with Crippen LogP contribution in [0.2, 0.25) is 0 Å². The molecule has 0 saturated heterocycles. The summed E-state index contributed by atoms with van der Waals surface area (Å²) < 4.78 is 5.00. The molecule has 0 amide bonds. The van der Waals surface area contributed by atoms with Crippen molar-refractivity contribution >= 4 is 0 Å². The highest BCUT2D eigenvalue weighted by Crippen LogP contribution is 2.29. The van der Waals surface area contributed by atoms with Crippen molar-refractivity contribution in [3.8, 4) is 12.3 Å². The molecule has 1 aliphatic carbocycles. The van der Waals surface area contributed by atoms with Crippen LogP contribution in [0, 0.1) is 18.3 Å². The highest BCUT2D eigenvalue weighted by Gasteiger charge is 2.24. The van der Waals surface area contributed by atoms with Gasteiger partial charge in [0.15, 0.2) is 0 Å². The first kappa shape index (κ1) is 11.5. The molecule has 3 heteroatoms. The third-order valence-corrected chi connectivity index (χ3v) is 2.40. The minimum absolute atomic E-state index is 0.0760. The van der Waals surface area contributed by atoms with Crippen LogP contribution in [0.15, 0.2) is 0 Å². The zero-order chi connectivity index (χ0) is 10.4. The van der Waals surface area contributed by atoms with Crippen LogP contribution in [0.1, 0.15) is 12.8 Å². The molecule has 3 nitrogen and oxygen atoms in total. The molecule has 80 valence electrons. The van der Waals surface area contributed by atoms with Gasteiger partial charge in [-0.1, -0.05) is 5.92 Å². The van der Waals surface area contributed by atoms with Gasteiger partial charge in [-0.3, -0.25) is 4.90 Å². The van der Waals surface area contributed by atoms with Crippen LogP contribution in [-0.4, -0.2) is 44.3 Å². The summed E-state index contributed by atoms with van der Waals surface area (Å²) >= 11 is 0. The lowest BCUT2D eigenvalue weighted by Crippen LogP contribution is -2.41. The van der Waals surface area contributed by atoms with Gasteiger partial charge in [-0.2, -0.15) is 0 Å². The Balaban J connectivity index is 2.22. The second-order valence-electron chi connectivity index (χ2n) is 4.06. The highest BCUT2D eigenvalue weighted by atomic mass is 16.5. The van der Waals surface area contributed by atoms with E-state index in [4.69, 9.17) is 16.9 Å². The molecule has 0 heterocycles. The molecule has 0 aromatic carbocycles. The van der Waals surface area contributed by atoms with Crippen molar-refractivity contribution in [2.24, 2.45) is 11.7 Å². The number of hydrogen-bond acceptors (Lipinski definition) is 3. The summed E-state index contributed by atoms with van der Waals surface area (Å²) in [6, 6.07) is 0.0760. The van der Waals surface area contributed by atoms with Gasteiger partial charge in [-0.15, -0.1) is 6.42 Å². The molecule has 1 fully saturated rings. The maximum Gasteiger partial charge on any atom is 0.0626 e. The predicted molar refractivity (Wildman–Crippen MR) is 57.8 cm³/mol. The normalized spacial score (nSPS) is 18.1. The van der Waals surface area contributed by atoms with Gasteiger partial charge < -0.3 is 10.5 Å². The summed E-state index contributed by atoms with van der Waals surface area (Å²) in [7, 11) is 1.67. The molecule has 1 aliphatic rings. The lowest BCUT2D eigenvalue weighted by atomic mass is 10.2. The number of hydrogen-bond donors (Lipinski definition) is 1. The van der Waals surface area contributed by atoms with Crippen LogP contribution < -0.4 is 5.73 Å². The van der Waals surface area contributed by atoms with E-state index in [-0.39, 0.29) is 6.04 Å². The Hall–Kier alpha value is -0.560. The van der Waals surface area contributed by atoms with Crippen molar-refractivity contribution in [2.75, 3.05) is 33.4 Å². The van der Waals surface area contributed by atoms with Crippen molar-refractivity contribution in [2.45, 2.75) is 18.9 Å². The number of methoxy groups -OCH3 is 1. The zero-order valence-corrected chi connectivity index (χ0v) is 8.91. The molecule has 0 spiro atoms. The summed E-state index contributed by atoms with van der Waals surface area (Å²) in [4.78, 5) is 2.25. The first-order valence-electron chi connectivity index (χ1n) is 5.16. The van der Waals surface area contributed by atoms with E-state index in [1.54, 1.807) is 7.11 Å². The topological polar surface area (TPSA) is 38.5 Å². The summed E-state index contributed by atoms with van der Waals surface area (Å²) in [6.07, 6.45) is 8.01. The highest BCUT2D eigenvalue weighted by molar-refractivity contribution is 4.91. The van der Waals surface area contributed by atoms with Gasteiger partial charge in [0.25, 0.3) is 0 Å². The Morgan fingerprint density at radius 1 is 1.64 bits per heavy atom. The minimum atomic E-state index is 0.0760.